The van der Waals surface area contributed by atoms with Gasteiger partial charge in [0.05, 0.1) is 11.3 Å². The number of nitrogens with one attached hydrogen (secondary N) is 1. The molecule has 2 heterocycles. The van der Waals surface area contributed by atoms with E-state index in [0.29, 0.717) is 17.3 Å². The number of nitrogens with zero attached hydrogens (tertiary/aromatic N) is 3. The third-order valence-corrected chi connectivity index (χ3v) is 4.76. The molecule has 5 nitrogen and oxygen atoms in total. The normalized spacial score (nSPS) is 10.8. The summed E-state index contributed by atoms with van der Waals surface area (Å²) in [5.41, 5.74) is 3.30. The van der Waals surface area contributed by atoms with Crippen molar-refractivity contribution in [2.45, 2.75) is 25.7 Å². The molecule has 3 rings (SSSR count). The van der Waals surface area contributed by atoms with Crippen molar-refractivity contribution in [3.05, 3.63) is 70.9 Å². The average Bonchev–Trinajstić information content (AvgIpc) is 3.17. The van der Waals surface area contributed by atoms with Crippen LogP contribution in [0.5, 0.6) is 0 Å². The summed E-state index contributed by atoms with van der Waals surface area (Å²) < 4.78 is 13.0. The second kappa shape index (κ2) is 9.46. The molecule has 0 bridgehead atoms. The standard InChI is InChI=1S/C21H22ClFN4O/c1-27(21(28)16-8-11-20(22)24-14-16)12-4-2-3-5-18-13-19(26-25-18)15-6-9-17(23)10-7-15/h6-11,13-14H,2-5,12H2,1H3,(H,25,26). The summed E-state index contributed by atoms with van der Waals surface area (Å²) in [5.74, 6) is -0.308. The zero-order valence-electron chi connectivity index (χ0n) is 15.7. The first kappa shape index (κ1) is 20.0. The Kier molecular flexibility index (Phi) is 6.76. The zero-order valence-corrected chi connectivity index (χ0v) is 16.4. The molecule has 28 heavy (non-hydrogen) atoms. The van der Waals surface area contributed by atoms with E-state index < -0.39 is 0 Å². The Balaban J connectivity index is 1.39. The summed E-state index contributed by atoms with van der Waals surface area (Å²) >= 11 is 5.75. The molecule has 0 aliphatic rings. The van der Waals surface area contributed by atoms with Gasteiger partial charge in [0.15, 0.2) is 0 Å². The molecule has 0 fully saturated rings. The van der Waals surface area contributed by atoms with Crippen LogP contribution in [0.4, 0.5) is 4.39 Å². The smallest absolute Gasteiger partial charge is 0.255 e. The number of aromatic amines is 1. The third kappa shape index (κ3) is 5.39. The number of H-pyrrole nitrogens is 1. The summed E-state index contributed by atoms with van der Waals surface area (Å²) in [6.07, 6.45) is 5.30. The first-order chi connectivity index (χ1) is 13.5. The van der Waals surface area contributed by atoms with Crippen LogP contribution in [-0.4, -0.2) is 39.6 Å². The molecule has 146 valence electrons. The highest BCUT2D eigenvalue weighted by Crippen LogP contribution is 2.19. The number of rotatable bonds is 8. The Hall–Kier alpha value is -2.73. The van der Waals surface area contributed by atoms with Gasteiger partial charge in [-0.05, 0) is 61.7 Å². The Morgan fingerprint density at radius 1 is 1.14 bits per heavy atom. The maximum atomic E-state index is 13.0. The Morgan fingerprint density at radius 3 is 2.64 bits per heavy atom. The van der Waals surface area contributed by atoms with E-state index in [4.69, 9.17) is 11.6 Å². The van der Waals surface area contributed by atoms with Gasteiger partial charge in [0.2, 0.25) is 0 Å². The topological polar surface area (TPSA) is 61.9 Å². The minimum absolute atomic E-state index is 0.0540. The van der Waals surface area contributed by atoms with Crippen LogP contribution in [-0.2, 0) is 6.42 Å². The highest BCUT2D eigenvalue weighted by Gasteiger charge is 2.11. The molecule has 3 aromatic rings. The van der Waals surface area contributed by atoms with Crippen LogP contribution in [0, 0.1) is 5.82 Å². The van der Waals surface area contributed by atoms with Gasteiger partial charge in [-0.25, -0.2) is 9.37 Å². The van der Waals surface area contributed by atoms with Crippen LogP contribution < -0.4 is 0 Å². The van der Waals surface area contributed by atoms with Gasteiger partial charge >= 0.3 is 0 Å². The predicted molar refractivity (Wildman–Crippen MR) is 108 cm³/mol. The number of halogens is 2. The van der Waals surface area contributed by atoms with E-state index in [0.717, 1.165) is 42.6 Å². The number of aromatic nitrogens is 3. The summed E-state index contributed by atoms with van der Waals surface area (Å²) in [6, 6.07) is 11.6. The largest absolute Gasteiger partial charge is 0.342 e. The molecule has 0 saturated carbocycles. The summed E-state index contributed by atoms with van der Waals surface area (Å²) in [7, 11) is 1.79. The molecule has 0 aliphatic heterocycles. The Bertz CT molecular complexity index is 909. The van der Waals surface area contributed by atoms with Gasteiger partial charge in [0, 0.05) is 31.0 Å². The number of pyridine rings is 1. The van der Waals surface area contributed by atoms with Gasteiger partial charge in [-0.2, -0.15) is 5.10 Å². The molecule has 0 unspecified atom stereocenters. The number of carbonyl (C=O) groups excluding carboxylic acids is 1. The molecule has 2 aromatic heterocycles. The molecule has 7 heteroatoms. The van der Waals surface area contributed by atoms with Crippen LogP contribution in [0.15, 0.2) is 48.7 Å². The minimum Gasteiger partial charge on any atom is -0.342 e. The van der Waals surface area contributed by atoms with Crippen LogP contribution in [0.2, 0.25) is 5.15 Å². The van der Waals surface area contributed by atoms with E-state index >= 15 is 0 Å². The fourth-order valence-electron chi connectivity index (χ4n) is 2.92. The van der Waals surface area contributed by atoms with Gasteiger partial charge in [0.25, 0.3) is 5.91 Å². The third-order valence-electron chi connectivity index (χ3n) is 4.53. The summed E-state index contributed by atoms with van der Waals surface area (Å²) in [5, 5.41) is 7.70. The van der Waals surface area contributed by atoms with Crippen LogP contribution in [0.25, 0.3) is 11.3 Å². The quantitative estimate of drug-likeness (QED) is 0.438. The minimum atomic E-state index is -0.254. The molecule has 0 spiro atoms. The van der Waals surface area contributed by atoms with Gasteiger partial charge in [0.1, 0.15) is 11.0 Å². The van der Waals surface area contributed by atoms with Gasteiger partial charge in [-0.15, -0.1) is 0 Å². The molecular weight excluding hydrogens is 379 g/mol. The van der Waals surface area contributed by atoms with Crippen LogP contribution in [0.3, 0.4) is 0 Å². The predicted octanol–water partition coefficient (Wildman–Crippen LogP) is 4.75. The number of hydrogen-bond acceptors (Lipinski definition) is 3. The second-order valence-electron chi connectivity index (χ2n) is 6.69. The first-order valence-corrected chi connectivity index (χ1v) is 9.58. The first-order valence-electron chi connectivity index (χ1n) is 9.20. The maximum absolute atomic E-state index is 13.0. The van der Waals surface area contributed by atoms with Crippen molar-refractivity contribution in [3.8, 4) is 11.3 Å². The fourth-order valence-corrected chi connectivity index (χ4v) is 3.04. The van der Waals surface area contributed by atoms with Gasteiger partial charge in [-0.3, -0.25) is 9.89 Å². The van der Waals surface area contributed by atoms with E-state index in [-0.39, 0.29) is 11.7 Å². The summed E-state index contributed by atoms with van der Waals surface area (Å²) in [6.45, 7) is 0.686. The van der Waals surface area contributed by atoms with E-state index in [9.17, 15) is 9.18 Å². The second-order valence-corrected chi connectivity index (χ2v) is 7.08. The van der Waals surface area contributed by atoms with Crippen LogP contribution >= 0.6 is 11.6 Å². The number of benzene rings is 1. The highest BCUT2D eigenvalue weighted by atomic mass is 35.5. The van der Waals surface area contributed by atoms with Crippen molar-refractivity contribution in [1.82, 2.24) is 20.1 Å². The van der Waals surface area contributed by atoms with E-state index in [1.165, 1.54) is 18.3 Å². The lowest BCUT2D eigenvalue weighted by Crippen LogP contribution is -2.27. The highest BCUT2D eigenvalue weighted by molar-refractivity contribution is 6.29. The maximum Gasteiger partial charge on any atom is 0.255 e. The monoisotopic (exact) mass is 400 g/mol. The van der Waals surface area contributed by atoms with Crippen molar-refractivity contribution in [2.24, 2.45) is 0 Å². The van der Waals surface area contributed by atoms with Crippen molar-refractivity contribution in [3.63, 3.8) is 0 Å². The molecule has 0 atom stereocenters. The van der Waals surface area contributed by atoms with E-state index in [1.807, 2.05) is 6.07 Å². The number of hydrogen-bond donors (Lipinski definition) is 1. The molecule has 0 saturated heterocycles. The molecule has 0 aliphatic carbocycles. The number of aryl methyl sites for hydroxylation is 1. The SMILES string of the molecule is CN(CCCCCc1cc(-c2ccc(F)cc2)n[nH]1)C(=O)c1ccc(Cl)nc1. The van der Waals surface area contributed by atoms with Crippen molar-refractivity contribution >= 4 is 17.5 Å². The van der Waals surface area contributed by atoms with Crippen molar-refractivity contribution in [2.75, 3.05) is 13.6 Å². The number of amides is 1. The van der Waals surface area contributed by atoms with Crippen molar-refractivity contribution < 1.29 is 9.18 Å². The fraction of sp³-hybridized carbons (Fsp3) is 0.286. The lowest BCUT2D eigenvalue weighted by atomic mass is 10.1. The van der Waals surface area contributed by atoms with E-state index in [1.54, 1.807) is 36.2 Å². The van der Waals surface area contributed by atoms with E-state index in [2.05, 4.69) is 15.2 Å². The zero-order chi connectivity index (χ0) is 19.9. The molecule has 1 aromatic carbocycles. The van der Waals surface area contributed by atoms with Crippen molar-refractivity contribution in [1.29, 1.82) is 0 Å². The van der Waals surface area contributed by atoms with Gasteiger partial charge in [-0.1, -0.05) is 18.0 Å². The molecular formula is C21H22ClFN4O. The number of carbonyl (C=O) groups is 1. The Morgan fingerprint density at radius 2 is 1.93 bits per heavy atom. The number of unbranched alkanes of at least 4 members (excludes halogenated alkanes) is 2. The Labute approximate surface area is 168 Å². The van der Waals surface area contributed by atoms with Gasteiger partial charge < -0.3 is 4.90 Å². The summed E-state index contributed by atoms with van der Waals surface area (Å²) in [4.78, 5) is 18.0. The molecule has 0 radical (unpaired) electrons. The lowest BCUT2D eigenvalue weighted by molar-refractivity contribution is 0.0792. The average molecular weight is 401 g/mol. The molecule has 1 amide bonds. The lowest BCUT2D eigenvalue weighted by Gasteiger charge is -2.16. The van der Waals surface area contributed by atoms with Crippen LogP contribution in [0.1, 0.15) is 35.3 Å². The molecule has 1 N–H and O–H groups in total.